The Morgan fingerprint density at radius 3 is 2.52 bits per heavy atom. The average molecular weight is 351 g/mol. The van der Waals surface area contributed by atoms with Crippen molar-refractivity contribution in [3.63, 3.8) is 0 Å². The lowest BCUT2D eigenvalue weighted by Gasteiger charge is -2.37. The molecule has 7 nitrogen and oxygen atoms in total. The van der Waals surface area contributed by atoms with Crippen LogP contribution in [0, 0.1) is 11.8 Å². The first-order chi connectivity index (χ1) is 11.5. The Bertz CT molecular complexity index is 583. The van der Waals surface area contributed by atoms with E-state index in [0.29, 0.717) is 25.8 Å². The number of ether oxygens (including phenoxy) is 1. The number of amides is 3. The van der Waals surface area contributed by atoms with E-state index in [1.165, 1.54) is 6.92 Å². The minimum atomic E-state index is -1.15. The number of primary amides is 1. The molecule has 3 amide bonds. The van der Waals surface area contributed by atoms with Gasteiger partial charge in [-0.25, -0.2) is 4.79 Å². The largest absolute Gasteiger partial charge is 0.444 e. The molecule has 7 heteroatoms. The van der Waals surface area contributed by atoms with Crippen molar-refractivity contribution in [2.75, 3.05) is 6.54 Å². The number of nitrogens with one attached hydrogen (secondary N) is 1. The number of nitrogens with zero attached hydrogens (tertiary/aromatic N) is 1. The van der Waals surface area contributed by atoms with Crippen molar-refractivity contribution in [3.8, 4) is 0 Å². The topological polar surface area (TPSA) is 102 Å². The Morgan fingerprint density at radius 1 is 1.40 bits per heavy atom. The van der Waals surface area contributed by atoms with Gasteiger partial charge in [0.25, 0.3) is 0 Å². The number of carbonyl (C=O) groups excluding carboxylic acids is 3. The van der Waals surface area contributed by atoms with Gasteiger partial charge < -0.3 is 20.7 Å². The van der Waals surface area contributed by atoms with Crippen LogP contribution in [0.4, 0.5) is 4.79 Å². The minimum absolute atomic E-state index is 0.181. The number of nitrogens with two attached hydrogens (primary N) is 1. The van der Waals surface area contributed by atoms with Crippen molar-refractivity contribution in [2.45, 2.75) is 64.1 Å². The van der Waals surface area contributed by atoms with Crippen molar-refractivity contribution in [1.82, 2.24) is 10.2 Å². The molecule has 2 aliphatic rings. The molecule has 140 valence electrons. The molecule has 1 saturated carbocycles. The maximum absolute atomic E-state index is 12.6. The molecule has 0 aromatic carbocycles. The van der Waals surface area contributed by atoms with Gasteiger partial charge in [0.2, 0.25) is 11.8 Å². The molecule has 0 bridgehead atoms. The zero-order valence-electron chi connectivity index (χ0n) is 15.5. The second-order valence-corrected chi connectivity index (χ2v) is 8.01. The summed E-state index contributed by atoms with van der Waals surface area (Å²) in [5, 5.41) is 2.83. The Hall–Kier alpha value is -2.05. The first-order valence-corrected chi connectivity index (χ1v) is 8.72. The van der Waals surface area contributed by atoms with Crippen molar-refractivity contribution >= 4 is 17.9 Å². The summed E-state index contributed by atoms with van der Waals surface area (Å²) in [6.45, 7) is 11.1. The Labute approximate surface area is 148 Å². The minimum Gasteiger partial charge on any atom is -0.444 e. The number of rotatable bonds is 4. The number of carbonyl (C=O) groups is 3. The van der Waals surface area contributed by atoms with Crippen LogP contribution < -0.4 is 11.1 Å². The molecule has 25 heavy (non-hydrogen) atoms. The molecule has 0 aromatic heterocycles. The third kappa shape index (κ3) is 3.50. The van der Waals surface area contributed by atoms with Crippen LogP contribution >= 0.6 is 0 Å². The summed E-state index contributed by atoms with van der Waals surface area (Å²) in [7, 11) is 0. The molecule has 1 saturated heterocycles. The quantitative estimate of drug-likeness (QED) is 0.751. The summed E-state index contributed by atoms with van der Waals surface area (Å²) in [5.74, 6) is -1.25. The Kier molecular flexibility index (Phi) is 5.16. The summed E-state index contributed by atoms with van der Waals surface area (Å²) in [6, 6.07) is -0.181. The molecule has 0 aromatic rings. The van der Waals surface area contributed by atoms with Crippen molar-refractivity contribution in [3.05, 3.63) is 12.7 Å². The normalized spacial score (nSPS) is 31.4. The molecule has 1 aliphatic carbocycles. The fraction of sp³-hybridized carbons (Fsp3) is 0.722. The summed E-state index contributed by atoms with van der Waals surface area (Å²) >= 11 is 0. The first kappa shape index (κ1) is 19.3. The average Bonchev–Trinajstić information content (AvgIpc) is 2.96. The fourth-order valence-corrected chi connectivity index (χ4v) is 4.42. The highest BCUT2D eigenvalue weighted by molar-refractivity contribution is 5.91. The predicted octanol–water partition coefficient (Wildman–Crippen LogP) is 1.57. The standard InChI is InChI=1S/C18H29N3O4/c1-6-7-12-10-14-13(18(12,15(19)23)20-11(2)22)8-9-21(14)16(24)25-17(3,4)5/h6,12-14H,1,7-10H2,2-5H3,(H2,19,23)(H,20,22)/t12?,13-,14-,18?/m1/s1. The van der Waals surface area contributed by atoms with E-state index in [4.69, 9.17) is 10.5 Å². The molecule has 0 radical (unpaired) electrons. The molecule has 0 spiro atoms. The second kappa shape index (κ2) is 6.69. The highest BCUT2D eigenvalue weighted by Crippen LogP contribution is 2.50. The van der Waals surface area contributed by atoms with E-state index in [0.717, 1.165) is 0 Å². The van der Waals surface area contributed by atoms with Gasteiger partial charge in [-0.15, -0.1) is 6.58 Å². The third-order valence-electron chi connectivity index (χ3n) is 5.17. The maximum Gasteiger partial charge on any atom is 0.410 e. The van der Waals surface area contributed by atoms with Gasteiger partial charge >= 0.3 is 6.09 Å². The zero-order chi connectivity index (χ0) is 19.0. The van der Waals surface area contributed by atoms with Crippen LogP contribution in [0.5, 0.6) is 0 Å². The number of fused-ring (bicyclic) bond motifs is 1. The highest BCUT2D eigenvalue weighted by Gasteiger charge is 2.63. The Balaban J connectivity index is 2.34. The third-order valence-corrected chi connectivity index (χ3v) is 5.17. The van der Waals surface area contributed by atoms with E-state index in [1.807, 2.05) is 20.8 Å². The fourth-order valence-electron chi connectivity index (χ4n) is 4.42. The Morgan fingerprint density at radius 2 is 2.04 bits per heavy atom. The molecular formula is C18H29N3O4. The van der Waals surface area contributed by atoms with E-state index < -0.39 is 17.0 Å². The molecule has 2 rings (SSSR count). The number of hydrogen-bond acceptors (Lipinski definition) is 4. The number of hydrogen-bond donors (Lipinski definition) is 2. The van der Waals surface area contributed by atoms with E-state index in [9.17, 15) is 14.4 Å². The molecule has 1 aliphatic heterocycles. The van der Waals surface area contributed by atoms with Gasteiger partial charge in [-0.1, -0.05) is 6.08 Å². The van der Waals surface area contributed by atoms with Crippen LogP contribution in [0.2, 0.25) is 0 Å². The van der Waals surface area contributed by atoms with Gasteiger partial charge in [-0.3, -0.25) is 9.59 Å². The number of likely N-dealkylation sites (tertiary alicyclic amines) is 1. The van der Waals surface area contributed by atoms with Gasteiger partial charge in [0.1, 0.15) is 11.1 Å². The summed E-state index contributed by atoms with van der Waals surface area (Å²) in [6.07, 6.45) is 3.06. The van der Waals surface area contributed by atoms with Crippen molar-refractivity contribution in [2.24, 2.45) is 17.6 Å². The molecular weight excluding hydrogens is 322 g/mol. The van der Waals surface area contributed by atoms with Crippen molar-refractivity contribution < 1.29 is 19.1 Å². The lowest BCUT2D eigenvalue weighted by Crippen LogP contribution is -2.63. The highest BCUT2D eigenvalue weighted by atomic mass is 16.6. The number of allylic oxidation sites excluding steroid dienone is 1. The smallest absolute Gasteiger partial charge is 0.410 e. The van der Waals surface area contributed by atoms with Crippen LogP contribution in [-0.4, -0.2) is 46.5 Å². The van der Waals surface area contributed by atoms with Crippen LogP contribution in [0.3, 0.4) is 0 Å². The van der Waals surface area contributed by atoms with E-state index >= 15 is 0 Å². The van der Waals surface area contributed by atoms with E-state index in [-0.39, 0.29) is 29.9 Å². The monoisotopic (exact) mass is 351 g/mol. The molecule has 2 unspecified atom stereocenters. The van der Waals surface area contributed by atoms with Gasteiger partial charge in [0.05, 0.1) is 0 Å². The molecule has 4 atom stereocenters. The van der Waals surface area contributed by atoms with Crippen molar-refractivity contribution in [1.29, 1.82) is 0 Å². The lowest BCUT2D eigenvalue weighted by atomic mass is 9.77. The summed E-state index contributed by atoms with van der Waals surface area (Å²) in [5.41, 5.74) is 4.02. The van der Waals surface area contributed by atoms with Gasteiger partial charge in [-0.05, 0) is 46.0 Å². The predicted molar refractivity (Wildman–Crippen MR) is 93.5 cm³/mol. The van der Waals surface area contributed by atoms with Crippen LogP contribution in [0.1, 0.15) is 47.0 Å². The lowest BCUT2D eigenvalue weighted by molar-refractivity contribution is -0.134. The van der Waals surface area contributed by atoms with Crippen LogP contribution in [0.15, 0.2) is 12.7 Å². The molecule has 3 N–H and O–H groups in total. The van der Waals surface area contributed by atoms with Gasteiger partial charge in [0.15, 0.2) is 0 Å². The van der Waals surface area contributed by atoms with Gasteiger partial charge in [0, 0.05) is 25.4 Å². The zero-order valence-corrected chi connectivity index (χ0v) is 15.5. The SMILES string of the molecule is C=CCC1C[C@@H]2[C@@H](CCN2C(=O)OC(C)(C)C)C1(NC(C)=O)C(N)=O. The van der Waals surface area contributed by atoms with Gasteiger partial charge in [-0.2, -0.15) is 0 Å². The molecule has 2 fully saturated rings. The maximum atomic E-state index is 12.6. The molecule has 1 heterocycles. The first-order valence-electron chi connectivity index (χ1n) is 8.72. The van der Waals surface area contributed by atoms with Crippen LogP contribution in [0.25, 0.3) is 0 Å². The van der Waals surface area contributed by atoms with E-state index in [2.05, 4.69) is 11.9 Å². The van der Waals surface area contributed by atoms with E-state index in [1.54, 1.807) is 11.0 Å². The summed E-state index contributed by atoms with van der Waals surface area (Å²) in [4.78, 5) is 38.5. The summed E-state index contributed by atoms with van der Waals surface area (Å²) < 4.78 is 5.50. The van der Waals surface area contributed by atoms with Crippen LogP contribution in [-0.2, 0) is 14.3 Å². The second-order valence-electron chi connectivity index (χ2n) is 8.01.